The SMILES string of the molecule is Clc1ccc2nc(CNC3(c4ccc5c(c4)OCCO5)CCCC3)cn2c1. The average molecular weight is 384 g/mol. The van der Waals surface area contributed by atoms with Crippen LogP contribution in [0, 0.1) is 0 Å². The fourth-order valence-electron chi connectivity index (χ4n) is 4.25. The van der Waals surface area contributed by atoms with Crippen LogP contribution in [0.25, 0.3) is 5.65 Å². The molecule has 1 aliphatic carbocycles. The van der Waals surface area contributed by atoms with E-state index >= 15 is 0 Å². The number of ether oxygens (including phenoxy) is 2. The number of benzene rings is 1. The number of pyridine rings is 1. The number of aromatic nitrogens is 2. The van der Waals surface area contributed by atoms with E-state index in [-0.39, 0.29) is 5.54 Å². The molecule has 1 aromatic carbocycles. The lowest BCUT2D eigenvalue weighted by Crippen LogP contribution is -2.39. The molecular weight excluding hydrogens is 362 g/mol. The van der Waals surface area contributed by atoms with Gasteiger partial charge in [0, 0.05) is 24.5 Å². The van der Waals surface area contributed by atoms with Gasteiger partial charge < -0.3 is 19.2 Å². The van der Waals surface area contributed by atoms with Crippen molar-refractivity contribution in [2.45, 2.75) is 37.8 Å². The quantitative estimate of drug-likeness (QED) is 0.729. The van der Waals surface area contributed by atoms with Crippen LogP contribution in [0.5, 0.6) is 11.5 Å². The molecular formula is C21H22ClN3O2. The van der Waals surface area contributed by atoms with Crippen LogP contribution in [0.4, 0.5) is 0 Å². The van der Waals surface area contributed by atoms with Gasteiger partial charge in [-0.25, -0.2) is 4.98 Å². The third kappa shape index (κ3) is 3.15. The van der Waals surface area contributed by atoms with Gasteiger partial charge in [0.1, 0.15) is 18.9 Å². The van der Waals surface area contributed by atoms with E-state index in [2.05, 4.69) is 17.4 Å². The predicted molar refractivity (Wildman–Crippen MR) is 105 cm³/mol. The predicted octanol–water partition coefficient (Wildman–Crippen LogP) is 4.32. The molecule has 5 nitrogen and oxygen atoms in total. The Morgan fingerprint density at radius 1 is 1.04 bits per heavy atom. The summed E-state index contributed by atoms with van der Waals surface area (Å²) in [5.41, 5.74) is 3.16. The molecule has 0 amide bonds. The van der Waals surface area contributed by atoms with Crippen LogP contribution in [0.15, 0.2) is 42.7 Å². The Labute approximate surface area is 163 Å². The van der Waals surface area contributed by atoms with Crippen molar-refractivity contribution in [2.24, 2.45) is 0 Å². The number of hydrogen-bond acceptors (Lipinski definition) is 4. The highest BCUT2D eigenvalue weighted by molar-refractivity contribution is 6.30. The molecule has 0 atom stereocenters. The van der Waals surface area contributed by atoms with Crippen LogP contribution in [0.3, 0.4) is 0 Å². The van der Waals surface area contributed by atoms with Gasteiger partial charge in [0.25, 0.3) is 0 Å². The van der Waals surface area contributed by atoms with Gasteiger partial charge in [0.05, 0.1) is 10.7 Å². The molecule has 0 saturated heterocycles. The van der Waals surface area contributed by atoms with Gasteiger partial charge in [-0.05, 0) is 42.7 Å². The molecule has 6 heteroatoms. The van der Waals surface area contributed by atoms with E-state index in [1.165, 1.54) is 18.4 Å². The van der Waals surface area contributed by atoms with Crippen LogP contribution in [-0.4, -0.2) is 22.6 Å². The number of halogens is 1. The molecule has 140 valence electrons. The van der Waals surface area contributed by atoms with Gasteiger partial charge in [-0.2, -0.15) is 0 Å². The molecule has 2 aliphatic rings. The third-order valence-corrected chi connectivity index (χ3v) is 5.85. The zero-order valence-corrected chi connectivity index (χ0v) is 15.8. The Morgan fingerprint density at radius 3 is 2.70 bits per heavy atom. The molecule has 2 aromatic heterocycles. The molecule has 3 heterocycles. The molecule has 1 N–H and O–H groups in total. The second-order valence-electron chi connectivity index (χ2n) is 7.35. The number of hydrogen-bond donors (Lipinski definition) is 1. The smallest absolute Gasteiger partial charge is 0.161 e. The molecule has 5 rings (SSSR count). The van der Waals surface area contributed by atoms with Crippen molar-refractivity contribution in [3.63, 3.8) is 0 Å². The van der Waals surface area contributed by atoms with Gasteiger partial charge in [-0.3, -0.25) is 0 Å². The summed E-state index contributed by atoms with van der Waals surface area (Å²) >= 11 is 6.08. The fraction of sp³-hybridized carbons (Fsp3) is 0.381. The monoisotopic (exact) mass is 383 g/mol. The second-order valence-corrected chi connectivity index (χ2v) is 7.78. The van der Waals surface area contributed by atoms with Gasteiger partial charge in [-0.15, -0.1) is 0 Å². The number of imidazole rings is 1. The van der Waals surface area contributed by atoms with Crippen LogP contribution in [0.1, 0.15) is 36.9 Å². The van der Waals surface area contributed by atoms with Crippen molar-refractivity contribution in [1.29, 1.82) is 0 Å². The summed E-state index contributed by atoms with van der Waals surface area (Å²) in [4.78, 5) is 4.71. The Morgan fingerprint density at radius 2 is 1.85 bits per heavy atom. The van der Waals surface area contributed by atoms with Crippen molar-refractivity contribution >= 4 is 17.2 Å². The summed E-state index contributed by atoms with van der Waals surface area (Å²) in [6.07, 6.45) is 8.61. The highest BCUT2D eigenvalue weighted by Crippen LogP contribution is 2.42. The van der Waals surface area contributed by atoms with Crippen molar-refractivity contribution < 1.29 is 9.47 Å². The number of rotatable bonds is 4. The summed E-state index contributed by atoms with van der Waals surface area (Å²) < 4.78 is 13.5. The van der Waals surface area contributed by atoms with Crippen molar-refractivity contribution in [3.8, 4) is 11.5 Å². The first-order valence-corrected chi connectivity index (χ1v) is 9.88. The van der Waals surface area contributed by atoms with Gasteiger partial charge in [-0.1, -0.05) is 30.5 Å². The molecule has 1 saturated carbocycles. The number of nitrogens with one attached hydrogen (secondary N) is 1. The summed E-state index contributed by atoms with van der Waals surface area (Å²) in [5, 5.41) is 4.52. The lowest BCUT2D eigenvalue weighted by Gasteiger charge is -2.32. The topological polar surface area (TPSA) is 47.8 Å². The normalized spacial score (nSPS) is 18.1. The van der Waals surface area contributed by atoms with Crippen molar-refractivity contribution in [3.05, 3.63) is 59.0 Å². The highest BCUT2D eigenvalue weighted by Gasteiger charge is 2.36. The van der Waals surface area contributed by atoms with E-state index in [9.17, 15) is 0 Å². The second kappa shape index (κ2) is 6.73. The first-order valence-electron chi connectivity index (χ1n) is 9.50. The summed E-state index contributed by atoms with van der Waals surface area (Å²) in [5.74, 6) is 1.70. The molecule has 1 aliphatic heterocycles. The Balaban J connectivity index is 1.41. The van der Waals surface area contributed by atoms with E-state index in [4.69, 9.17) is 26.1 Å². The lowest BCUT2D eigenvalue weighted by atomic mass is 9.87. The van der Waals surface area contributed by atoms with E-state index in [1.807, 2.05) is 35.0 Å². The van der Waals surface area contributed by atoms with Crippen LogP contribution >= 0.6 is 11.6 Å². The molecule has 0 radical (unpaired) electrons. The molecule has 0 unspecified atom stereocenters. The minimum absolute atomic E-state index is 0.0384. The van der Waals surface area contributed by atoms with E-state index in [0.717, 1.165) is 35.7 Å². The first-order chi connectivity index (χ1) is 13.2. The van der Waals surface area contributed by atoms with E-state index < -0.39 is 0 Å². The summed E-state index contributed by atoms with van der Waals surface area (Å²) in [6.45, 7) is 1.95. The van der Waals surface area contributed by atoms with Gasteiger partial charge >= 0.3 is 0 Å². The summed E-state index contributed by atoms with van der Waals surface area (Å²) in [7, 11) is 0. The van der Waals surface area contributed by atoms with E-state index in [1.54, 1.807) is 0 Å². The van der Waals surface area contributed by atoms with Crippen LogP contribution in [-0.2, 0) is 12.1 Å². The maximum absolute atomic E-state index is 6.08. The largest absolute Gasteiger partial charge is 0.486 e. The molecule has 1 fully saturated rings. The minimum Gasteiger partial charge on any atom is -0.486 e. The Bertz CT molecular complexity index is 979. The fourth-order valence-corrected chi connectivity index (χ4v) is 4.42. The number of fused-ring (bicyclic) bond motifs is 2. The molecule has 0 spiro atoms. The molecule has 27 heavy (non-hydrogen) atoms. The van der Waals surface area contributed by atoms with Gasteiger partial charge in [0.2, 0.25) is 0 Å². The zero-order valence-electron chi connectivity index (χ0n) is 15.1. The average Bonchev–Trinajstić information content (AvgIpc) is 3.33. The molecule has 0 bridgehead atoms. The number of nitrogens with zero attached hydrogens (tertiary/aromatic N) is 2. The zero-order chi connectivity index (χ0) is 18.3. The van der Waals surface area contributed by atoms with Gasteiger partial charge in [0.15, 0.2) is 11.5 Å². The maximum Gasteiger partial charge on any atom is 0.161 e. The maximum atomic E-state index is 6.08. The van der Waals surface area contributed by atoms with Crippen LogP contribution < -0.4 is 14.8 Å². The van der Waals surface area contributed by atoms with Crippen LogP contribution in [0.2, 0.25) is 5.02 Å². The Hall–Kier alpha value is -2.24. The molecule has 3 aromatic rings. The van der Waals surface area contributed by atoms with Crippen molar-refractivity contribution in [2.75, 3.05) is 13.2 Å². The van der Waals surface area contributed by atoms with E-state index in [0.29, 0.717) is 24.8 Å². The summed E-state index contributed by atoms with van der Waals surface area (Å²) in [6, 6.07) is 10.2. The lowest BCUT2D eigenvalue weighted by molar-refractivity contribution is 0.170. The minimum atomic E-state index is -0.0384. The standard InChI is InChI=1S/C21H22ClN3O2/c22-16-4-6-20-24-17(14-25(20)13-16)12-23-21(7-1-2-8-21)15-3-5-18-19(11-15)27-10-9-26-18/h3-6,11,13-14,23H,1-2,7-10,12H2. The van der Waals surface area contributed by atoms with Crippen molar-refractivity contribution in [1.82, 2.24) is 14.7 Å². The first kappa shape index (κ1) is 16.9. The third-order valence-electron chi connectivity index (χ3n) is 5.62. The Kier molecular flexibility index (Phi) is 4.21. The highest BCUT2D eigenvalue weighted by atomic mass is 35.5.